The van der Waals surface area contributed by atoms with Gasteiger partial charge in [0.15, 0.2) is 0 Å². The van der Waals surface area contributed by atoms with E-state index < -0.39 is 12.1 Å². The number of nitrogens with zero attached hydrogens (tertiary/aromatic N) is 1. The molecule has 0 aromatic carbocycles. The lowest BCUT2D eigenvalue weighted by Crippen LogP contribution is -2.50. The van der Waals surface area contributed by atoms with Crippen LogP contribution >= 0.6 is 0 Å². The standard InChI is InChI=1S/C10H18N2O3/c1-7(2)8(11-10(14)15)9(13)12-5-3-4-6-12/h7-8,11H,3-6H2,1-2H3,(H,14,15)/t8-/m1/s1. The highest BCUT2D eigenvalue weighted by Crippen LogP contribution is 2.12. The molecule has 1 saturated heterocycles. The van der Waals surface area contributed by atoms with Gasteiger partial charge < -0.3 is 15.3 Å². The molecule has 0 spiro atoms. The lowest BCUT2D eigenvalue weighted by Gasteiger charge is -2.25. The summed E-state index contributed by atoms with van der Waals surface area (Å²) < 4.78 is 0. The Bertz CT molecular complexity index is 247. The van der Waals surface area contributed by atoms with E-state index in [4.69, 9.17) is 5.11 Å². The number of carboxylic acid groups (broad SMARTS) is 1. The number of carbonyl (C=O) groups excluding carboxylic acids is 1. The van der Waals surface area contributed by atoms with Crippen molar-refractivity contribution in [3.05, 3.63) is 0 Å². The molecule has 2 N–H and O–H groups in total. The van der Waals surface area contributed by atoms with Gasteiger partial charge in [-0.25, -0.2) is 4.79 Å². The van der Waals surface area contributed by atoms with Crippen molar-refractivity contribution in [3.63, 3.8) is 0 Å². The Kier molecular flexibility index (Phi) is 3.94. The van der Waals surface area contributed by atoms with Crippen LogP contribution in [0.3, 0.4) is 0 Å². The summed E-state index contributed by atoms with van der Waals surface area (Å²) in [4.78, 5) is 24.2. The predicted molar refractivity (Wildman–Crippen MR) is 55.6 cm³/mol. The molecule has 1 heterocycles. The summed E-state index contributed by atoms with van der Waals surface area (Å²) in [6, 6.07) is -0.611. The molecule has 5 nitrogen and oxygen atoms in total. The second kappa shape index (κ2) is 5.00. The molecule has 1 atom stereocenters. The number of nitrogens with one attached hydrogen (secondary N) is 1. The van der Waals surface area contributed by atoms with Crippen LogP contribution in [0.25, 0.3) is 0 Å². The number of amides is 2. The molecule has 1 rings (SSSR count). The van der Waals surface area contributed by atoms with Gasteiger partial charge in [0.1, 0.15) is 6.04 Å². The zero-order chi connectivity index (χ0) is 11.4. The van der Waals surface area contributed by atoms with Crippen molar-refractivity contribution in [1.82, 2.24) is 10.2 Å². The summed E-state index contributed by atoms with van der Waals surface area (Å²) in [7, 11) is 0. The Morgan fingerprint density at radius 3 is 2.20 bits per heavy atom. The van der Waals surface area contributed by atoms with Crippen LogP contribution in [-0.4, -0.2) is 41.1 Å². The van der Waals surface area contributed by atoms with E-state index in [1.165, 1.54) is 0 Å². The zero-order valence-electron chi connectivity index (χ0n) is 9.19. The van der Waals surface area contributed by atoms with Crippen LogP contribution in [0.2, 0.25) is 0 Å². The van der Waals surface area contributed by atoms with Gasteiger partial charge in [0, 0.05) is 13.1 Å². The van der Waals surface area contributed by atoms with Crippen molar-refractivity contribution in [2.45, 2.75) is 32.7 Å². The predicted octanol–water partition coefficient (Wildman–Crippen LogP) is 0.901. The Labute approximate surface area is 89.4 Å². The van der Waals surface area contributed by atoms with Crippen molar-refractivity contribution in [2.75, 3.05) is 13.1 Å². The van der Waals surface area contributed by atoms with E-state index in [0.717, 1.165) is 25.9 Å². The first-order valence-electron chi connectivity index (χ1n) is 5.30. The van der Waals surface area contributed by atoms with E-state index in [0.29, 0.717) is 0 Å². The SMILES string of the molecule is CC(C)[C@@H](NC(=O)O)C(=O)N1CCCC1. The van der Waals surface area contributed by atoms with Crippen molar-refractivity contribution in [1.29, 1.82) is 0 Å². The number of likely N-dealkylation sites (tertiary alicyclic amines) is 1. The van der Waals surface area contributed by atoms with Gasteiger partial charge in [-0.05, 0) is 18.8 Å². The highest BCUT2D eigenvalue weighted by atomic mass is 16.4. The lowest BCUT2D eigenvalue weighted by atomic mass is 10.0. The van der Waals surface area contributed by atoms with Crippen LogP contribution in [0.4, 0.5) is 4.79 Å². The van der Waals surface area contributed by atoms with Crippen molar-refractivity contribution in [2.24, 2.45) is 5.92 Å². The van der Waals surface area contributed by atoms with E-state index >= 15 is 0 Å². The first-order chi connectivity index (χ1) is 7.02. The molecule has 0 bridgehead atoms. The highest BCUT2D eigenvalue weighted by molar-refractivity contribution is 5.85. The van der Waals surface area contributed by atoms with Crippen LogP contribution in [0, 0.1) is 5.92 Å². The van der Waals surface area contributed by atoms with Gasteiger partial charge in [-0.2, -0.15) is 0 Å². The monoisotopic (exact) mass is 214 g/mol. The van der Waals surface area contributed by atoms with Crippen LogP contribution in [0.15, 0.2) is 0 Å². The molecular formula is C10H18N2O3. The van der Waals surface area contributed by atoms with E-state index in [-0.39, 0.29) is 11.8 Å². The molecule has 5 heteroatoms. The zero-order valence-corrected chi connectivity index (χ0v) is 9.19. The Balaban J connectivity index is 2.61. The molecule has 86 valence electrons. The van der Waals surface area contributed by atoms with Gasteiger partial charge in [-0.1, -0.05) is 13.8 Å². The minimum absolute atomic E-state index is 0.0193. The average Bonchev–Trinajstić information content (AvgIpc) is 2.65. The first-order valence-corrected chi connectivity index (χ1v) is 5.30. The number of rotatable bonds is 3. The van der Waals surface area contributed by atoms with Crippen molar-refractivity contribution in [3.8, 4) is 0 Å². The van der Waals surface area contributed by atoms with Gasteiger partial charge in [-0.15, -0.1) is 0 Å². The molecule has 1 aliphatic heterocycles. The van der Waals surface area contributed by atoms with Gasteiger partial charge in [0.05, 0.1) is 0 Å². The third-order valence-corrected chi connectivity index (χ3v) is 2.63. The molecule has 1 aliphatic rings. The van der Waals surface area contributed by atoms with Crippen LogP contribution < -0.4 is 5.32 Å². The molecule has 0 aromatic heterocycles. The quantitative estimate of drug-likeness (QED) is 0.733. The summed E-state index contributed by atoms with van der Waals surface area (Å²) in [5, 5.41) is 10.9. The highest BCUT2D eigenvalue weighted by Gasteiger charge is 2.29. The van der Waals surface area contributed by atoms with Gasteiger partial charge in [-0.3, -0.25) is 4.79 Å². The van der Waals surface area contributed by atoms with Gasteiger partial charge in [0.2, 0.25) is 5.91 Å². The molecule has 15 heavy (non-hydrogen) atoms. The third-order valence-electron chi connectivity index (χ3n) is 2.63. The van der Waals surface area contributed by atoms with Crippen molar-refractivity contribution < 1.29 is 14.7 Å². The van der Waals surface area contributed by atoms with Gasteiger partial charge >= 0.3 is 6.09 Å². The Morgan fingerprint density at radius 2 is 1.80 bits per heavy atom. The van der Waals surface area contributed by atoms with Crippen LogP contribution in [0.1, 0.15) is 26.7 Å². The summed E-state index contributed by atoms with van der Waals surface area (Å²) in [5.74, 6) is -0.112. The molecule has 0 saturated carbocycles. The summed E-state index contributed by atoms with van der Waals surface area (Å²) in [6.07, 6.45) is 0.897. The van der Waals surface area contributed by atoms with Crippen LogP contribution in [-0.2, 0) is 4.79 Å². The lowest BCUT2D eigenvalue weighted by molar-refractivity contribution is -0.133. The molecule has 0 aliphatic carbocycles. The van der Waals surface area contributed by atoms with Gasteiger partial charge in [0.25, 0.3) is 0 Å². The minimum atomic E-state index is -1.14. The average molecular weight is 214 g/mol. The molecule has 0 aromatic rings. The topological polar surface area (TPSA) is 69.6 Å². The molecular weight excluding hydrogens is 196 g/mol. The van der Waals surface area contributed by atoms with E-state index in [1.807, 2.05) is 13.8 Å². The van der Waals surface area contributed by atoms with E-state index in [2.05, 4.69) is 5.32 Å². The second-order valence-electron chi connectivity index (χ2n) is 4.20. The fourth-order valence-corrected chi connectivity index (χ4v) is 1.78. The Hall–Kier alpha value is -1.26. The van der Waals surface area contributed by atoms with Crippen LogP contribution in [0.5, 0.6) is 0 Å². The summed E-state index contributed by atoms with van der Waals surface area (Å²) >= 11 is 0. The molecule has 1 fully saturated rings. The summed E-state index contributed by atoms with van der Waals surface area (Å²) in [6.45, 7) is 5.19. The third kappa shape index (κ3) is 3.11. The fraction of sp³-hybridized carbons (Fsp3) is 0.800. The maximum atomic E-state index is 11.9. The van der Waals surface area contributed by atoms with Crippen molar-refractivity contribution >= 4 is 12.0 Å². The minimum Gasteiger partial charge on any atom is -0.465 e. The largest absolute Gasteiger partial charge is 0.465 e. The van der Waals surface area contributed by atoms with E-state index in [9.17, 15) is 9.59 Å². The molecule has 0 unspecified atom stereocenters. The Morgan fingerprint density at radius 1 is 1.27 bits per heavy atom. The first kappa shape index (κ1) is 11.8. The maximum absolute atomic E-state index is 11.9. The maximum Gasteiger partial charge on any atom is 0.405 e. The number of hydrogen-bond donors (Lipinski definition) is 2. The van der Waals surface area contributed by atoms with E-state index in [1.54, 1.807) is 4.90 Å². The fourth-order valence-electron chi connectivity index (χ4n) is 1.78. The number of hydrogen-bond acceptors (Lipinski definition) is 2. The normalized spacial score (nSPS) is 17.9. The summed E-state index contributed by atoms with van der Waals surface area (Å²) in [5.41, 5.74) is 0. The smallest absolute Gasteiger partial charge is 0.405 e. The molecule has 2 amide bonds. The second-order valence-corrected chi connectivity index (χ2v) is 4.20. The number of carbonyl (C=O) groups is 2. The molecule has 0 radical (unpaired) electrons.